The molecule has 1 aliphatic carbocycles. The Labute approximate surface area is 151 Å². The van der Waals surface area contributed by atoms with Crippen LogP contribution in [0.4, 0.5) is 0 Å². The van der Waals surface area contributed by atoms with Crippen molar-refractivity contribution in [3.8, 4) is 0 Å². The molecule has 0 atom stereocenters. The highest BCUT2D eigenvalue weighted by molar-refractivity contribution is 9.09. The number of benzene rings is 1. The molecular weight excluding hydrogens is 431 g/mol. The predicted octanol–water partition coefficient (Wildman–Crippen LogP) is 5.14. The Balaban J connectivity index is 2.16. The summed E-state index contributed by atoms with van der Waals surface area (Å²) in [6, 6.07) is 6.14. The van der Waals surface area contributed by atoms with Crippen molar-refractivity contribution in [2.75, 3.05) is 17.3 Å². The monoisotopic (exact) mass is 446 g/mol. The van der Waals surface area contributed by atoms with Crippen LogP contribution in [0.3, 0.4) is 0 Å². The van der Waals surface area contributed by atoms with Crippen molar-refractivity contribution in [1.82, 2.24) is 4.57 Å². The third-order valence-corrected chi connectivity index (χ3v) is 4.81. The lowest BCUT2D eigenvalue weighted by molar-refractivity contribution is 0.161. The van der Waals surface area contributed by atoms with Gasteiger partial charge in [0, 0.05) is 33.1 Å². The van der Waals surface area contributed by atoms with Crippen LogP contribution in [0.2, 0.25) is 5.02 Å². The number of nitrogens with zero attached hydrogens (tertiary/aromatic N) is 2. The number of alkyl halides is 2. The van der Waals surface area contributed by atoms with Crippen LogP contribution in [-0.2, 0) is 17.8 Å². The summed E-state index contributed by atoms with van der Waals surface area (Å²) < 4.78 is 2.34. The van der Waals surface area contributed by atoms with Gasteiger partial charge >= 0.3 is 0 Å². The molecule has 0 aliphatic heterocycles. The van der Waals surface area contributed by atoms with E-state index in [0.29, 0.717) is 6.61 Å². The molecule has 0 amide bonds. The quantitative estimate of drug-likeness (QED) is 0.353. The molecule has 1 heterocycles. The van der Waals surface area contributed by atoms with Crippen LogP contribution < -0.4 is 0 Å². The first-order chi connectivity index (χ1) is 10.8. The van der Waals surface area contributed by atoms with Gasteiger partial charge in [-0.1, -0.05) is 48.6 Å². The zero-order chi connectivity index (χ0) is 15.5. The molecule has 1 aromatic heterocycles. The van der Waals surface area contributed by atoms with Gasteiger partial charge in [0.25, 0.3) is 0 Å². The number of halogens is 3. The Morgan fingerprint density at radius 3 is 2.86 bits per heavy atom. The largest absolute Gasteiger partial charge is 0.395 e. The summed E-state index contributed by atoms with van der Waals surface area (Å²) >= 11 is 13.1. The molecule has 1 aliphatic rings. The number of aromatic nitrogens is 1. The third-order valence-electron chi connectivity index (χ3n) is 3.90. The second kappa shape index (κ2) is 7.37. The van der Waals surface area contributed by atoms with E-state index in [1.807, 2.05) is 6.07 Å². The van der Waals surface area contributed by atoms with Crippen LogP contribution in [0.25, 0.3) is 10.9 Å². The third kappa shape index (κ3) is 3.08. The van der Waals surface area contributed by atoms with E-state index in [4.69, 9.17) is 16.4 Å². The van der Waals surface area contributed by atoms with Crippen molar-refractivity contribution in [3.63, 3.8) is 0 Å². The molecule has 0 spiro atoms. The molecule has 0 saturated heterocycles. The second-order valence-corrected chi connectivity index (χ2v) is 7.27. The summed E-state index contributed by atoms with van der Waals surface area (Å²) in [7, 11) is 0. The van der Waals surface area contributed by atoms with E-state index < -0.39 is 0 Å². The van der Waals surface area contributed by atoms with Crippen LogP contribution in [0.1, 0.15) is 24.1 Å². The molecule has 1 aromatic carbocycles. The predicted molar refractivity (Wildman–Crippen MR) is 100.0 cm³/mol. The lowest BCUT2D eigenvalue weighted by atomic mass is 9.94. The summed E-state index contributed by atoms with van der Waals surface area (Å²) in [5.74, 6) is 0. The van der Waals surface area contributed by atoms with Crippen LogP contribution in [0, 0.1) is 0 Å². The van der Waals surface area contributed by atoms with Crippen LogP contribution >= 0.6 is 43.5 Å². The zero-order valence-corrected chi connectivity index (χ0v) is 16.0. The molecule has 3 rings (SSSR count). The minimum Gasteiger partial charge on any atom is -0.395 e. The molecule has 0 bridgehead atoms. The number of aryl methyl sites for hydroxylation is 2. The Bertz CT molecular complexity index is 712. The van der Waals surface area contributed by atoms with Gasteiger partial charge in [0.15, 0.2) is 0 Å². The second-order valence-electron chi connectivity index (χ2n) is 5.24. The van der Waals surface area contributed by atoms with E-state index in [1.165, 1.54) is 22.2 Å². The molecule has 6 heteroatoms. The van der Waals surface area contributed by atoms with Crippen molar-refractivity contribution in [2.24, 2.45) is 5.16 Å². The molecule has 0 unspecified atom stereocenters. The van der Waals surface area contributed by atoms with E-state index in [1.54, 1.807) is 0 Å². The summed E-state index contributed by atoms with van der Waals surface area (Å²) in [6.07, 6.45) is 3.13. The van der Waals surface area contributed by atoms with E-state index in [9.17, 15) is 0 Å². The Morgan fingerprint density at radius 1 is 1.23 bits per heavy atom. The normalized spacial score (nSPS) is 16.2. The van der Waals surface area contributed by atoms with Gasteiger partial charge in [-0.25, -0.2) is 0 Å². The van der Waals surface area contributed by atoms with Crippen LogP contribution in [0.15, 0.2) is 23.4 Å². The molecule has 0 N–H and O–H groups in total. The Kier molecular flexibility index (Phi) is 5.47. The molecule has 2 aromatic rings. The first kappa shape index (κ1) is 16.3. The van der Waals surface area contributed by atoms with Crippen molar-refractivity contribution in [3.05, 3.63) is 34.5 Å². The first-order valence-electron chi connectivity index (χ1n) is 7.38. The van der Waals surface area contributed by atoms with E-state index in [-0.39, 0.29) is 0 Å². The average molecular weight is 449 g/mol. The molecule has 0 radical (unpaired) electrons. The lowest BCUT2D eigenvalue weighted by Crippen LogP contribution is -2.17. The molecule has 0 saturated carbocycles. The fourth-order valence-corrected chi connectivity index (χ4v) is 3.77. The molecule has 22 heavy (non-hydrogen) atoms. The highest BCUT2D eigenvalue weighted by Crippen LogP contribution is 2.34. The highest BCUT2D eigenvalue weighted by atomic mass is 79.9. The summed E-state index contributed by atoms with van der Waals surface area (Å²) in [5.41, 5.74) is 4.85. The van der Waals surface area contributed by atoms with Gasteiger partial charge in [-0.15, -0.1) is 0 Å². The standard InChI is InChI=1S/C16H17Br2ClN2O/c17-6-8-21-15-5-4-11(19)10-13(15)12-2-1-3-14(16(12)21)20-22-9-7-18/h4-5,10H,1-3,6-9H2/b20-14+. The molecule has 3 nitrogen and oxygen atoms in total. The van der Waals surface area contributed by atoms with Crippen molar-refractivity contribution >= 4 is 60.1 Å². The average Bonchev–Trinajstić information content (AvgIpc) is 2.83. The maximum atomic E-state index is 6.21. The summed E-state index contributed by atoms with van der Waals surface area (Å²) in [4.78, 5) is 5.42. The van der Waals surface area contributed by atoms with E-state index >= 15 is 0 Å². The van der Waals surface area contributed by atoms with Gasteiger partial charge in [-0.2, -0.15) is 0 Å². The van der Waals surface area contributed by atoms with Crippen molar-refractivity contribution in [2.45, 2.75) is 25.8 Å². The lowest BCUT2D eigenvalue weighted by Gasteiger charge is -2.17. The van der Waals surface area contributed by atoms with Gasteiger partial charge in [-0.3, -0.25) is 0 Å². The summed E-state index contributed by atoms with van der Waals surface area (Å²) in [6.45, 7) is 1.49. The highest BCUT2D eigenvalue weighted by Gasteiger charge is 2.25. The number of hydrogen-bond donors (Lipinski definition) is 0. The van der Waals surface area contributed by atoms with Crippen molar-refractivity contribution < 1.29 is 4.84 Å². The fraction of sp³-hybridized carbons (Fsp3) is 0.438. The van der Waals surface area contributed by atoms with Gasteiger partial charge in [0.05, 0.1) is 5.69 Å². The zero-order valence-electron chi connectivity index (χ0n) is 12.1. The van der Waals surface area contributed by atoms with Gasteiger partial charge in [-0.05, 0) is 43.0 Å². The van der Waals surface area contributed by atoms with E-state index in [0.717, 1.165) is 47.2 Å². The topological polar surface area (TPSA) is 26.5 Å². The van der Waals surface area contributed by atoms with Crippen molar-refractivity contribution in [1.29, 1.82) is 0 Å². The molecular formula is C16H17Br2ClN2O. The fourth-order valence-electron chi connectivity index (χ4n) is 3.09. The first-order valence-corrected chi connectivity index (χ1v) is 10.00. The smallest absolute Gasteiger partial charge is 0.126 e. The number of fused-ring (bicyclic) bond motifs is 3. The minimum absolute atomic E-state index is 0.587. The Hall–Kier alpha value is -0.520. The summed E-state index contributed by atoms with van der Waals surface area (Å²) in [5, 5.41) is 8.11. The number of rotatable bonds is 5. The molecule has 0 fully saturated rings. The van der Waals surface area contributed by atoms with Crippen LogP contribution in [-0.4, -0.2) is 27.5 Å². The van der Waals surface area contributed by atoms with Gasteiger partial charge in [0.2, 0.25) is 0 Å². The number of hydrogen-bond acceptors (Lipinski definition) is 2. The SMILES string of the molecule is Clc1ccc2c(c1)c1c(n2CCBr)/C(=N/OCCBr)CCC1. The van der Waals surface area contributed by atoms with Crippen LogP contribution in [0.5, 0.6) is 0 Å². The maximum absolute atomic E-state index is 6.21. The van der Waals surface area contributed by atoms with Gasteiger partial charge < -0.3 is 9.40 Å². The molecule has 118 valence electrons. The Morgan fingerprint density at radius 2 is 2.09 bits per heavy atom. The van der Waals surface area contributed by atoms with Gasteiger partial charge in [0.1, 0.15) is 12.3 Å². The van der Waals surface area contributed by atoms with E-state index in [2.05, 4.69) is 53.7 Å². The minimum atomic E-state index is 0.587. The number of oxime groups is 1. The maximum Gasteiger partial charge on any atom is 0.126 e.